The van der Waals surface area contributed by atoms with Gasteiger partial charge in [-0.25, -0.2) is 9.37 Å². The van der Waals surface area contributed by atoms with E-state index in [0.717, 1.165) is 5.69 Å². The van der Waals surface area contributed by atoms with Crippen molar-refractivity contribution in [3.8, 4) is 0 Å². The van der Waals surface area contributed by atoms with Crippen LogP contribution >= 0.6 is 11.6 Å². The van der Waals surface area contributed by atoms with Gasteiger partial charge in [0, 0.05) is 17.5 Å². The van der Waals surface area contributed by atoms with Crippen molar-refractivity contribution in [1.82, 2.24) is 19.9 Å². The van der Waals surface area contributed by atoms with E-state index in [1.807, 2.05) is 12.3 Å². The van der Waals surface area contributed by atoms with E-state index in [1.54, 1.807) is 10.9 Å². The van der Waals surface area contributed by atoms with Crippen molar-refractivity contribution < 1.29 is 4.39 Å². The molecule has 1 aliphatic carbocycles. The molecule has 0 aliphatic heterocycles. The predicted octanol–water partition coefficient (Wildman–Crippen LogP) is 3.37. The number of nitrogens with zero attached hydrogens (tertiary/aromatic N) is 4. The van der Waals surface area contributed by atoms with Gasteiger partial charge >= 0.3 is 0 Å². The Hall–Kier alpha value is -2.21. The smallest absolute Gasteiger partial charge is 0.224 e. The first-order valence-electron chi connectivity index (χ1n) is 6.64. The number of benzene rings is 1. The van der Waals surface area contributed by atoms with E-state index in [1.165, 1.54) is 25.0 Å². The number of hydrogen-bond donors (Lipinski definition) is 1. The van der Waals surface area contributed by atoms with E-state index < -0.39 is 0 Å². The van der Waals surface area contributed by atoms with Gasteiger partial charge in [-0.2, -0.15) is 14.9 Å². The molecule has 2 aromatic heterocycles. The first-order valence-corrected chi connectivity index (χ1v) is 7.02. The molecule has 1 aliphatic rings. The summed E-state index contributed by atoms with van der Waals surface area (Å²) in [7, 11) is 0. The minimum atomic E-state index is -0.351. The van der Waals surface area contributed by atoms with Crippen LogP contribution in [0.25, 0.3) is 10.9 Å². The summed E-state index contributed by atoms with van der Waals surface area (Å²) in [5.41, 5.74) is 4.65. The molecule has 0 spiro atoms. The third-order valence-corrected chi connectivity index (χ3v) is 3.63. The molecule has 0 radical (unpaired) electrons. The minimum Gasteiger partial charge on any atom is -0.261 e. The summed E-state index contributed by atoms with van der Waals surface area (Å²) in [6, 6.07) is 6.26. The van der Waals surface area contributed by atoms with Gasteiger partial charge in [0.25, 0.3) is 0 Å². The van der Waals surface area contributed by atoms with Crippen molar-refractivity contribution in [2.75, 3.05) is 5.43 Å². The molecule has 0 amide bonds. The van der Waals surface area contributed by atoms with Gasteiger partial charge in [-0.15, -0.1) is 0 Å². The molecule has 106 valence electrons. The maximum absolute atomic E-state index is 13.4. The normalized spacial score (nSPS) is 14.6. The second-order valence-electron chi connectivity index (χ2n) is 5.07. The number of rotatable bonds is 3. The fourth-order valence-corrected chi connectivity index (χ4v) is 2.44. The Morgan fingerprint density at radius 3 is 2.90 bits per heavy atom. The highest BCUT2D eigenvalue weighted by Gasteiger charge is 2.25. The van der Waals surface area contributed by atoms with Gasteiger partial charge in [-0.05, 0) is 48.7 Å². The van der Waals surface area contributed by atoms with Crippen LogP contribution in [0, 0.1) is 5.82 Å². The lowest BCUT2D eigenvalue weighted by molar-refractivity contribution is 0.629. The standard InChI is InChI=1S/C14H11ClFN5/c15-14-17-12-4-3-9(16)7-10(12)13(18-14)20-21-6-5-11(19-21)8-1-2-8/h3-8H,1-2H2,(H,17,18,20). The summed E-state index contributed by atoms with van der Waals surface area (Å²) in [4.78, 5) is 9.77. The SMILES string of the molecule is Fc1ccc2nc(Cl)nc(Nn3ccc(C4CC4)n3)c2c1. The number of nitrogens with one attached hydrogen (secondary N) is 1. The van der Waals surface area contributed by atoms with Gasteiger partial charge < -0.3 is 0 Å². The molecule has 2 heterocycles. The molecule has 0 saturated heterocycles. The number of halogens is 2. The topological polar surface area (TPSA) is 55.6 Å². The van der Waals surface area contributed by atoms with Crippen LogP contribution in [0.2, 0.25) is 5.28 Å². The molecular formula is C14H11ClFN5. The Balaban J connectivity index is 1.75. The Morgan fingerprint density at radius 1 is 1.24 bits per heavy atom. The molecule has 21 heavy (non-hydrogen) atoms. The molecule has 1 fully saturated rings. The molecule has 1 N–H and O–H groups in total. The largest absolute Gasteiger partial charge is 0.261 e. The number of aromatic nitrogens is 4. The molecule has 5 nitrogen and oxygen atoms in total. The van der Waals surface area contributed by atoms with Crippen molar-refractivity contribution in [2.24, 2.45) is 0 Å². The maximum atomic E-state index is 13.4. The zero-order valence-electron chi connectivity index (χ0n) is 10.9. The van der Waals surface area contributed by atoms with E-state index >= 15 is 0 Å². The zero-order valence-corrected chi connectivity index (χ0v) is 11.7. The van der Waals surface area contributed by atoms with Crippen LogP contribution in [-0.2, 0) is 0 Å². The van der Waals surface area contributed by atoms with E-state index in [4.69, 9.17) is 11.6 Å². The van der Waals surface area contributed by atoms with Gasteiger partial charge in [0.2, 0.25) is 5.28 Å². The molecule has 1 aromatic carbocycles. The van der Waals surface area contributed by atoms with Crippen molar-refractivity contribution in [1.29, 1.82) is 0 Å². The fraction of sp³-hybridized carbons (Fsp3) is 0.214. The van der Waals surface area contributed by atoms with Gasteiger partial charge in [0.15, 0.2) is 5.82 Å². The Kier molecular flexibility index (Phi) is 2.78. The molecule has 3 aromatic rings. The number of fused-ring (bicyclic) bond motifs is 1. The average Bonchev–Trinajstić information content (AvgIpc) is 3.20. The fourth-order valence-electron chi connectivity index (χ4n) is 2.26. The van der Waals surface area contributed by atoms with Crippen LogP contribution in [0.1, 0.15) is 24.5 Å². The predicted molar refractivity (Wildman–Crippen MR) is 77.7 cm³/mol. The molecule has 1 saturated carbocycles. The highest BCUT2D eigenvalue weighted by molar-refractivity contribution is 6.28. The van der Waals surface area contributed by atoms with Gasteiger partial charge in [-0.3, -0.25) is 5.43 Å². The first kappa shape index (κ1) is 12.5. The lowest BCUT2D eigenvalue weighted by Gasteiger charge is -2.08. The lowest BCUT2D eigenvalue weighted by atomic mass is 10.2. The number of hydrogen-bond acceptors (Lipinski definition) is 4. The Morgan fingerprint density at radius 2 is 2.10 bits per heavy atom. The molecular weight excluding hydrogens is 293 g/mol. The average molecular weight is 304 g/mol. The van der Waals surface area contributed by atoms with E-state index in [0.29, 0.717) is 22.6 Å². The van der Waals surface area contributed by atoms with E-state index in [9.17, 15) is 4.39 Å². The summed E-state index contributed by atoms with van der Waals surface area (Å²) in [6.07, 6.45) is 4.18. The van der Waals surface area contributed by atoms with Crippen LogP contribution in [0.4, 0.5) is 10.2 Å². The monoisotopic (exact) mass is 303 g/mol. The van der Waals surface area contributed by atoms with Gasteiger partial charge in [-0.1, -0.05) is 0 Å². The minimum absolute atomic E-state index is 0.103. The van der Waals surface area contributed by atoms with Crippen molar-refractivity contribution in [2.45, 2.75) is 18.8 Å². The lowest BCUT2D eigenvalue weighted by Crippen LogP contribution is -2.12. The van der Waals surface area contributed by atoms with Crippen LogP contribution in [0.15, 0.2) is 30.5 Å². The van der Waals surface area contributed by atoms with E-state index in [2.05, 4.69) is 20.5 Å². The molecule has 0 unspecified atom stereocenters. The molecule has 0 bridgehead atoms. The van der Waals surface area contributed by atoms with Crippen molar-refractivity contribution in [3.05, 3.63) is 47.3 Å². The second-order valence-corrected chi connectivity index (χ2v) is 5.41. The van der Waals surface area contributed by atoms with Crippen LogP contribution < -0.4 is 5.43 Å². The zero-order chi connectivity index (χ0) is 14.4. The maximum Gasteiger partial charge on any atom is 0.224 e. The Labute approximate surface area is 124 Å². The van der Waals surface area contributed by atoms with E-state index in [-0.39, 0.29) is 11.1 Å². The summed E-state index contributed by atoms with van der Waals surface area (Å²) in [5.74, 6) is 0.641. The van der Waals surface area contributed by atoms with Gasteiger partial charge in [0.05, 0.1) is 11.2 Å². The van der Waals surface area contributed by atoms with Gasteiger partial charge in [0.1, 0.15) is 5.82 Å². The highest BCUT2D eigenvalue weighted by atomic mass is 35.5. The second kappa shape index (κ2) is 4.66. The van der Waals surface area contributed by atoms with Crippen LogP contribution in [-0.4, -0.2) is 19.9 Å². The molecule has 0 atom stereocenters. The quantitative estimate of drug-likeness (QED) is 0.754. The summed E-state index contributed by atoms with van der Waals surface area (Å²) in [5, 5.41) is 5.10. The molecule has 7 heteroatoms. The highest BCUT2D eigenvalue weighted by Crippen LogP contribution is 2.38. The Bertz CT molecular complexity index is 827. The summed E-state index contributed by atoms with van der Waals surface area (Å²) in [6.45, 7) is 0. The third-order valence-electron chi connectivity index (χ3n) is 3.46. The number of anilines is 1. The molecule has 4 rings (SSSR count). The van der Waals surface area contributed by atoms with Crippen LogP contribution in [0.3, 0.4) is 0 Å². The third kappa shape index (κ3) is 2.42. The summed E-state index contributed by atoms with van der Waals surface area (Å²) >= 11 is 5.91. The first-order chi connectivity index (χ1) is 10.2. The summed E-state index contributed by atoms with van der Waals surface area (Å²) < 4.78 is 13.4. The van der Waals surface area contributed by atoms with Crippen molar-refractivity contribution >= 4 is 28.3 Å². The van der Waals surface area contributed by atoms with Crippen LogP contribution in [0.5, 0.6) is 0 Å². The van der Waals surface area contributed by atoms with Crippen molar-refractivity contribution in [3.63, 3.8) is 0 Å².